The Morgan fingerprint density at radius 3 is 2.38 bits per heavy atom. The maximum atomic E-state index is 12.5. The van der Waals surface area contributed by atoms with Crippen molar-refractivity contribution in [1.82, 2.24) is 10.2 Å². The highest BCUT2D eigenvalue weighted by Gasteiger charge is 2.25. The molecule has 0 aromatic heterocycles. The number of amides is 2. The van der Waals surface area contributed by atoms with Crippen LogP contribution in [0.1, 0.15) is 37.0 Å². The van der Waals surface area contributed by atoms with Crippen molar-refractivity contribution in [3.63, 3.8) is 0 Å². The Bertz CT molecular complexity index is 549. The molecule has 1 aliphatic rings. The molecule has 1 N–H and O–H groups in total. The minimum atomic E-state index is -0.372. The van der Waals surface area contributed by atoms with Crippen molar-refractivity contribution in [2.75, 3.05) is 26.8 Å². The number of benzene rings is 1. The Balaban J connectivity index is 1.79. The molecule has 1 saturated heterocycles. The first-order valence-corrected chi connectivity index (χ1v) is 8.36. The molecule has 24 heavy (non-hydrogen) atoms. The van der Waals surface area contributed by atoms with Crippen LogP contribution in [-0.2, 0) is 4.74 Å². The monoisotopic (exact) mass is 334 g/mol. The highest BCUT2D eigenvalue weighted by atomic mass is 16.5. The van der Waals surface area contributed by atoms with E-state index in [2.05, 4.69) is 5.32 Å². The fourth-order valence-corrected chi connectivity index (χ4v) is 2.59. The normalized spacial score (nSPS) is 15.2. The number of alkyl carbamates (subject to hydrolysis) is 1. The summed E-state index contributed by atoms with van der Waals surface area (Å²) in [5.74, 6) is 1.06. The number of ether oxygens (including phenoxy) is 2. The Morgan fingerprint density at radius 1 is 1.21 bits per heavy atom. The predicted molar refractivity (Wildman–Crippen MR) is 91.2 cm³/mol. The van der Waals surface area contributed by atoms with Gasteiger partial charge in [-0.3, -0.25) is 4.79 Å². The highest BCUT2D eigenvalue weighted by molar-refractivity contribution is 5.94. The Kier molecular flexibility index (Phi) is 6.46. The van der Waals surface area contributed by atoms with Gasteiger partial charge in [-0.05, 0) is 43.0 Å². The van der Waals surface area contributed by atoms with Crippen LogP contribution in [-0.4, -0.2) is 49.7 Å². The van der Waals surface area contributed by atoms with Gasteiger partial charge in [0, 0.05) is 24.7 Å². The van der Waals surface area contributed by atoms with Crippen LogP contribution in [0.4, 0.5) is 4.79 Å². The molecular weight excluding hydrogens is 308 g/mol. The lowest BCUT2D eigenvalue weighted by Crippen LogP contribution is -2.46. The molecule has 0 atom stereocenters. The molecule has 0 aliphatic carbocycles. The number of hydrogen-bond donors (Lipinski definition) is 1. The summed E-state index contributed by atoms with van der Waals surface area (Å²) in [7, 11) is 1.60. The van der Waals surface area contributed by atoms with E-state index in [1.807, 2.05) is 18.7 Å². The predicted octanol–water partition coefficient (Wildman–Crippen LogP) is 2.68. The molecule has 0 radical (unpaired) electrons. The fraction of sp³-hybridized carbons (Fsp3) is 0.556. The SMILES string of the molecule is COc1ccc(C(=O)N2CCC(NC(=O)OCC(C)C)CC2)cc1. The second-order valence-electron chi connectivity index (χ2n) is 6.43. The number of carbonyl (C=O) groups is 2. The average Bonchev–Trinajstić information content (AvgIpc) is 2.60. The number of piperidine rings is 1. The van der Waals surface area contributed by atoms with Crippen molar-refractivity contribution in [2.24, 2.45) is 5.92 Å². The van der Waals surface area contributed by atoms with Crippen molar-refractivity contribution in [3.8, 4) is 5.75 Å². The molecule has 0 spiro atoms. The topological polar surface area (TPSA) is 67.9 Å². The van der Waals surface area contributed by atoms with Gasteiger partial charge in [0.15, 0.2) is 0 Å². The van der Waals surface area contributed by atoms with Crippen LogP contribution >= 0.6 is 0 Å². The molecule has 2 rings (SSSR count). The van der Waals surface area contributed by atoms with Gasteiger partial charge in [-0.2, -0.15) is 0 Å². The maximum absolute atomic E-state index is 12.5. The number of nitrogens with one attached hydrogen (secondary N) is 1. The molecule has 6 heteroatoms. The molecule has 1 heterocycles. The lowest BCUT2D eigenvalue weighted by atomic mass is 10.0. The zero-order chi connectivity index (χ0) is 17.5. The molecule has 0 saturated carbocycles. The van der Waals surface area contributed by atoms with E-state index in [-0.39, 0.29) is 18.0 Å². The molecule has 0 bridgehead atoms. The van der Waals surface area contributed by atoms with Crippen LogP contribution in [0.3, 0.4) is 0 Å². The Hall–Kier alpha value is -2.24. The quantitative estimate of drug-likeness (QED) is 0.899. The summed E-state index contributed by atoms with van der Waals surface area (Å²) in [6.07, 6.45) is 1.10. The summed E-state index contributed by atoms with van der Waals surface area (Å²) < 4.78 is 10.2. The van der Waals surface area contributed by atoms with Gasteiger partial charge in [0.05, 0.1) is 13.7 Å². The van der Waals surface area contributed by atoms with Crippen LogP contribution in [0.15, 0.2) is 24.3 Å². The van der Waals surface area contributed by atoms with E-state index in [1.165, 1.54) is 0 Å². The van der Waals surface area contributed by atoms with Gasteiger partial charge in [0.25, 0.3) is 5.91 Å². The molecule has 2 amide bonds. The van der Waals surface area contributed by atoms with Crippen LogP contribution in [0.2, 0.25) is 0 Å². The second kappa shape index (κ2) is 8.57. The minimum Gasteiger partial charge on any atom is -0.497 e. The van der Waals surface area contributed by atoms with Crippen LogP contribution in [0.5, 0.6) is 5.75 Å². The van der Waals surface area contributed by atoms with Gasteiger partial charge in [-0.15, -0.1) is 0 Å². The molecule has 1 aromatic carbocycles. The molecule has 1 aliphatic heterocycles. The van der Waals surface area contributed by atoms with E-state index >= 15 is 0 Å². The van der Waals surface area contributed by atoms with Gasteiger partial charge in [0.1, 0.15) is 5.75 Å². The molecule has 1 fully saturated rings. The molecule has 1 aromatic rings. The van der Waals surface area contributed by atoms with Crippen molar-refractivity contribution in [3.05, 3.63) is 29.8 Å². The van der Waals surface area contributed by atoms with Crippen LogP contribution in [0.25, 0.3) is 0 Å². The van der Waals surface area contributed by atoms with Crippen molar-refractivity contribution >= 4 is 12.0 Å². The number of likely N-dealkylation sites (tertiary alicyclic amines) is 1. The summed E-state index contributed by atoms with van der Waals surface area (Å²) in [5.41, 5.74) is 0.651. The number of rotatable bonds is 5. The Labute approximate surface area is 143 Å². The van der Waals surface area contributed by atoms with Crippen molar-refractivity contribution in [1.29, 1.82) is 0 Å². The fourth-order valence-electron chi connectivity index (χ4n) is 2.59. The third-order valence-corrected chi connectivity index (χ3v) is 3.99. The second-order valence-corrected chi connectivity index (χ2v) is 6.43. The van der Waals surface area contributed by atoms with E-state index in [9.17, 15) is 9.59 Å². The van der Waals surface area contributed by atoms with Gasteiger partial charge in [-0.1, -0.05) is 13.8 Å². The van der Waals surface area contributed by atoms with Gasteiger partial charge in [0.2, 0.25) is 0 Å². The number of carbonyl (C=O) groups excluding carboxylic acids is 2. The zero-order valence-electron chi connectivity index (χ0n) is 14.6. The van der Waals surface area contributed by atoms with E-state index in [1.54, 1.807) is 31.4 Å². The zero-order valence-corrected chi connectivity index (χ0v) is 14.6. The summed E-state index contributed by atoms with van der Waals surface area (Å²) in [6.45, 7) is 5.66. The molecular formula is C18H26N2O4. The number of nitrogens with zero attached hydrogens (tertiary/aromatic N) is 1. The summed E-state index contributed by atoms with van der Waals surface area (Å²) in [4.78, 5) is 26.0. The maximum Gasteiger partial charge on any atom is 0.407 e. The summed E-state index contributed by atoms with van der Waals surface area (Å²) in [5, 5.41) is 2.87. The lowest BCUT2D eigenvalue weighted by Gasteiger charge is -2.32. The molecule has 132 valence electrons. The van der Waals surface area contributed by atoms with Crippen molar-refractivity contribution in [2.45, 2.75) is 32.7 Å². The largest absolute Gasteiger partial charge is 0.497 e. The van der Waals surface area contributed by atoms with Gasteiger partial charge >= 0.3 is 6.09 Å². The number of methoxy groups -OCH3 is 1. The van der Waals surface area contributed by atoms with Crippen LogP contribution < -0.4 is 10.1 Å². The third kappa shape index (κ3) is 5.15. The summed E-state index contributed by atoms with van der Waals surface area (Å²) in [6, 6.07) is 7.17. The first kappa shape index (κ1) is 18.1. The van der Waals surface area contributed by atoms with E-state index in [4.69, 9.17) is 9.47 Å². The van der Waals surface area contributed by atoms with Gasteiger partial charge in [-0.25, -0.2) is 4.79 Å². The summed E-state index contributed by atoms with van der Waals surface area (Å²) >= 11 is 0. The average molecular weight is 334 g/mol. The van der Waals surface area contributed by atoms with Gasteiger partial charge < -0.3 is 19.7 Å². The number of hydrogen-bond acceptors (Lipinski definition) is 4. The smallest absolute Gasteiger partial charge is 0.407 e. The Morgan fingerprint density at radius 2 is 1.83 bits per heavy atom. The lowest BCUT2D eigenvalue weighted by molar-refractivity contribution is 0.0700. The first-order chi connectivity index (χ1) is 11.5. The van der Waals surface area contributed by atoms with E-state index < -0.39 is 0 Å². The first-order valence-electron chi connectivity index (χ1n) is 8.36. The van der Waals surface area contributed by atoms with Crippen LogP contribution in [0, 0.1) is 5.92 Å². The minimum absolute atomic E-state index is 0.0125. The van der Waals surface area contributed by atoms with Crippen molar-refractivity contribution < 1.29 is 19.1 Å². The standard InChI is InChI=1S/C18H26N2O4/c1-13(2)12-24-18(22)19-15-8-10-20(11-9-15)17(21)14-4-6-16(23-3)7-5-14/h4-7,13,15H,8-12H2,1-3H3,(H,19,22). The molecule has 6 nitrogen and oxygen atoms in total. The van der Waals surface area contributed by atoms with E-state index in [0.29, 0.717) is 31.2 Å². The highest BCUT2D eigenvalue weighted by Crippen LogP contribution is 2.17. The van der Waals surface area contributed by atoms with E-state index in [0.717, 1.165) is 18.6 Å². The third-order valence-electron chi connectivity index (χ3n) is 3.99. The molecule has 0 unspecified atom stereocenters.